The van der Waals surface area contributed by atoms with Crippen LogP contribution in [0.3, 0.4) is 0 Å². The highest BCUT2D eigenvalue weighted by Gasteiger charge is 2.74. The Bertz CT molecular complexity index is 6830. The number of nitriles is 3. The fourth-order valence-corrected chi connectivity index (χ4v) is 21.3. The molecule has 12 aromatic carbocycles. The zero-order valence-corrected chi connectivity index (χ0v) is 89.1. The van der Waals surface area contributed by atoms with Crippen molar-refractivity contribution in [3.8, 4) is 86.8 Å². The molecule has 0 spiro atoms. The molecule has 4 saturated carbocycles. The number of hydrogen-bond donors (Lipinski definition) is 0. The van der Waals surface area contributed by atoms with Gasteiger partial charge in [0.2, 0.25) is 18.3 Å². The van der Waals surface area contributed by atoms with Crippen molar-refractivity contribution in [2.24, 2.45) is 51.8 Å². The van der Waals surface area contributed by atoms with Crippen LogP contribution in [-0.2, 0) is 56.6 Å². The number of hydrogen-bond acceptors (Lipinski definition) is 17. The molecular formula is C118H109Cl7F5N3O14Si. The first-order valence-corrected chi connectivity index (χ1v) is 53.5. The number of rotatable bonds is 34. The fraction of sp³-hybridized carbons (Fsp3) is 0.280. The molecule has 12 aromatic rings. The molecule has 4 aliphatic rings. The number of para-hydroxylation sites is 4. The van der Waals surface area contributed by atoms with Crippen molar-refractivity contribution in [2.45, 2.75) is 142 Å². The maximum Gasteiger partial charge on any atom is 0.426 e. The molecule has 0 aromatic heterocycles. The average molecular weight is 2160 g/mol. The monoisotopic (exact) mass is 2160 g/mol. The van der Waals surface area contributed by atoms with Gasteiger partial charge in [-0.05, 0) is 228 Å². The van der Waals surface area contributed by atoms with E-state index >= 15 is 0 Å². The normalized spacial score (nSPS) is 18.4. The van der Waals surface area contributed by atoms with Gasteiger partial charge in [-0.2, -0.15) is 29.0 Å². The molecule has 16 rings (SSSR count). The molecule has 0 N–H and O–H groups in total. The number of benzene rings is 12. The number of allylic oxidation sites excluding steroid dienone is 4. The minimum absolute atomic E-state index is 0.0634. The van der Waals surface area contributed by atoms with E-state index in [2.05, 4.69) is 37.4 Å². The summed E-state index contributed by atoms with van der Waals surface area (Å²) in [6.07, 6.45) is -1.65. The molecule has 0 heterocycles. The Hall–Kier alpha value is -13.1. The van der Waals surface area contributed by atoms with Gasteiger partial charge < -0.3 is 47.4 Å². The first-order chi connectivity index (χ1) is 70.5. The van der Waals surface area contributed by atoms with Crippen LogP contribution < -0.4 is 33.6 Å². The van der Waals surface area contributed by atoms with E-state index in [1.54, 1.807) is 123 Å². The summed E-state index contributed by atoms with van der Waals surface area (Å²) in [5.74, 6) is -0.121. The van der Waals surface area contributed by atoms with Crippen LogP contribution in [0.4, 0.5) is 22.0 Å². The van der Waals surface area contributed by atoms with Crippen LogP contribution >= 0.6 is 81.2 Å². The van der Waals surface area contributed by atoms with Crippen molar-refractivity contribution in [1.29, 1.82) is 15.8 Å². The Morgan fingerprint density at radius 2 is 0.831 bits per heavy atom. The van der Waals surface area contributed by atoms with Gasteiger partial charge in [0.25, 0.3) is 0 Å². The van der Waals surface area contributed by atoms with E-state index in [1.807, 2.05) is 224 Å². The highest BCUT2D eigenvalue weighted by atomic mass is 35.5. The lowest BCUT2D eigenvalue weighted by Gasteiger charge is -2.23. The maximum absolute atomic E-state index is 14.2. The van der Waals surface area contributed by atoms with Gasteiger partial charge in [0.05, 0.1) is 39.0 Å². The minimum Gasteiger partial charge on any atom is -0.494 e. The van der Waals surface area contributed by atoms with Gasteiger partial charge in [-0.3, -0.25) is 19.2 Å². The summed E-state index contributed by atoms with van der Waals surface area (Å²) in [6, 6.07) is 97.9. The quantitative estimate of drug-likeness (QED) is 0.0120. The molecule has 0 bridgehead atoms. The van der Waals surface area contributed by atoms with Gasteiger partial charge in [-0.25, -0.2) is 8.78 Å². The number of esters is 4. The summed E-state index contributed by atoms with van der Waals surface area (Å²) < 4.78 is 121. The second-order valence-electron chi connectivity index (χ2n) is 38.0. The SMILES string of the molecule is CC1(C)C(C=C(Cl)Cl)C1C(=O)OC(C#N)c1ccc(F)c(Oc2ccccc2)c1.CC1(C)C(C=C(Cl)Cl)C1C(=O)OC(C#N)c1cccc(Oc2ccccc2)c1.CCOc1ccc(C2(C(=O)OC(C#N)c3cccc(Oc4ccccc4)c3)CC2(Cl)Cl)cc1.CCOc1ccc([Si](C)(C)CCCc2ccc(F)c(Oc3ccccc3)c2)cc1.Cc1c(COC(=O)C2C(/C=C(\Cl)C(F)(F)F)C2(C)C)cccc1-c1ccccc1. The molecule has 30 heteroatoms. The van der Waals surface area contributed by atoms with Gasteiger partial charge in [-0.15, -0.1) is 0 Å². The van der Waals surface area contributed by atoms with E-state index in [9.17, 15) is 56.9 Å². The second-order valence-corrected chi connectivity index (χ2v) is 46.7. The molecule has 148 heavy (non-hydrogen) atoms. The first kappa shape index (κ1) is 114. The summed E-state index contributed by atoms with van der Waals surface area (Å²) in [5, 5.41) is 29.0. The largest absolute Gasteiger partial charge is 0.494 e. The zero-order chi connectivity index (χ0) is 107. The number of alkyl halides is 5. The molecule has 17 nitrogen and oxygen atoms in total. The molecule has 0 radical (unpaired) electrons. The zero-order valence-electron chi connectivity index (χ0n) is 82.8. The topological polar surface area (TPSA) is 232 Å². The smallest absolute Gasteiger partial charge is 0.426 e. The minimum atomic E-state index is -4.61. The van der Waals surface area contributed by atoms with Crippen LogP contribution in [-0.4, -0.2) is 55.7 Å². The summed E-state index contributed by atoms with van der Waals surface area (Å²) in [7, 11) is -1.53. The van der Waals surface area contributed by atoms with E-state index in [-0.39, 0.29) is 67.9 Å². The lowest BCUT2D eigenvalue weighted by molar-refractivity contribution is -0.150. The number of ether oxygens (including phenoxy) is 10. The van der Waals surface area contributed by atoms with E-state index in [0.29, 0.717) is 75.7 Å². The van der Waals surface area contributed by atoms with Crippen LogP contribution in [0.15, 0.2) is 336 Å². The third kappa shape index (κ3) is 29.9. The van der Waals surface area contributed by atoms with Crippen molar-refractivity contribution >= 4 is 118 Å². The summed E-state index contributed by atoms with van der Waals surface area (Å²) >= 11 is 41.1. The number of carbonyl (C=O) groups is 4. The summed E-state index contributed by atoms with van der Waals surface area (Å²) in [4.78, 5) is 51.0. The van der Waals surface area contributed by atoms with E-state index in [1.165, 1.54) is 35.5 Å². The third-order valence-electron chi connectivity index (χ3n) is 26.3. The van der Waals surface area contributed by atoms with Crippen molar-refractivity contribution in [3.63, 3.8) is 0 Å². The molecule has 10 atom stereocenters. The lowest BCUT2D eigenvalue weighted by atomic mass is 9.95. The Morgan fingerprint density at radius 3 is 1.26 bits per heavy atom. The molecule has 4 fully saturated rings. The number of halogens is 12. The van der Waals surface area contributed by atoms with Gasteiger partial charge >= 0.3 is 30.1 Å². The maximum atomic E-state index is 14.2. The molecule has 10 unspecified atom stereocenters. The number of aryl methyl sites for hydroxylation is 1. The van der Waals surface area contributed by atoms with Crippen molar-refractivity contribution < 1.29 is 88.5 Å². The van der Waals surface area contributed by atoms with Gasteiger partial charge in [0.15, 0.2) is 23.1 Å². The van der Waals surface area contributed by atoms with Crippen LogP contribution in [0, 0.1) is 104 Å². The molecule has 4 aliphatic carbocycles. The second kappa shape index (κ2) is 50.7. The third-order valence-corrected chi connectivity index (χ3v) is 31.6. The average Bonchev–Trinajstić information content (AvgIpc) is 1.52. The van der Waals surface area contributed by atoms with Crippen molar-refractivity contribution in [2.75, 3.05) is 13.2 Å². The van der Waals surface area contributed by atoms with E-state index < -0.39 is 100 Å². The number of carbonyl (C=O) groups excluding carboxylic acids is 4. The van der Waals surface area contributed by atoms with E-state index in [0.717, 1.165) is 52.5 Å². The number of nitrogens with zero attached hydrogens (tertiary/aromatic N) is 3. The lowest BCUT2D eigenvalue weighted by Crippen LogP contribution is -2.41. The highest BCUT2D eigenvalue weighted by molar-refractivity contribution is 6.89. The summed E-state index contributed by atoms with van der Waals surface area (Å²) in [5.41, 5.74) is 4.45. The van der Waals surface area contributed by atoms with Gasteiger partial charge in [0.1, 0.15) is 94.6 Å². The molecule has 0 amide bonds. The van der Waals surface area contributed by atoms with Crippen LogP contribution in [0.25, 0.3) is 11.1 Å². The Kier molecular flexibility index (Phi) is 39.0. The van der Waals surface area contributed by atoms with Crippen molar-refractivity contribution in [3.05, 3.63) is 386 Å². The summed E-state index contributed by atoms with van der Waals surface area (Å²) in [6.45, 7) is 23.1. The van der Waals surface area contributed by atoms with E-state index in [4.69, 9.17) is 129 Å². The standard InChI is InChI=1S/C26H21Cl2NO4.C25H29FO2Si.C23H22ClF3O2.C22H18Cl2FNO3.C22H19Cl2NO3/c1-2-31-20-13-11-19(12-14-20)25(17-26(25,27)28)24(30)33-23(16-29)18-7-6-10-22(15-18)32-21-8-4-3-5-9-21;1-4-27-21-13-15-23(16-14-21)29(2,3)18-8-9-20-12-17-24(26)25(19-20)28-22-10-6-5-7-11-22;1-14-16(10-7-11-17(14)15-8-5-4-6-9-15)13-29-21(28)20-18(22(20,2)3)12-19(24)23(25,26)27;1-22(2)15(11-19(23)24)20(22)21(27)29-18(12-26)13-8-9-16(25)17(10-13)28-14-6-4-3-5-7-14;1-22(2)17(12-19(23)24)20(22)21(26)28-18(13-25)14-7-6-10-16(11-14)27-15-8-4-3-5-9-15/h3-15,23H,2,17H2,1H3;5-7,10-17,19H,4,8-9,18H2,1-3H3;4-12,18,20H,13H2,1-3H3;3-11,15,18,20H,1-2H3;3-12,17-18,20H,1-2H3/b;;19-12-;;. The highest BCUT2D eigenvalue weighted by Crippen LogP contribution is 2.67. The van der Waals surface area contributed by atoms with Crippen LogP contribution in [0.1, 0.15) is 125 Å². The van der Waals surface area contributed by atoms with Crippen LogP contribution in [0.2, 0.25) is 19.1 Å². The van der Waals surface area contributed by atoms with Crippen molar-refractivity contribution in [1.82, 2.24) is 0 Å². The molecule has 0 saturated heterocycles. The van der Waals surface area contributed by atoms with Gasteiger partial charge in [0, 0.05) is 23.1 Å². The Morgan fingerprint density at radius 1 is 0.446 bits per heavy atom. The first-order valence-electron chi connectivity index (χ1n) is 47.6. The predicted octanol–water partition coefficient (Wildman–Crippen LogP) is 32.2. The molecular weight excluding hydrogens is 2050 g/mol. The fourth-order valence-electron chi connectivity index (χ4n) is 17.4. The Labute approximate surface area is 895 Å². The predicted molar refractivity (Wildman–Crippen MR) is 570 cm³/mol. The molecule has 768 valence electrons. The van der Waals surface area contributed by atoms with Gasteiger partial charge in [-0.1, -0.05) is 342 Å². The Balaban J connectivity index is 0.000000164. The molecule has 0 aliphatic heterocycles. The van der Waals surface area contributed by atoms with Crippen LogP contribution in [0.5, 0.6) is 57.5 Å².